The number of benzene rings is 2. The lowest BCUT2D eigenvalue weighted by Gasteiger charge is -2.21. The van der Waals surface area contributed by atoms with E-state index >= 15 is 0 Å². The third-order valence-corrected chi connectivity index (χ3v) is 3.87. The Bertz CT molecular complexity index is 688. The van der Waals surface area contributed by atoms with Crippen LogP contribution < -0.4 is 4.74 Å². The van der Waals surface area contributed by atoms with Gasteiger partial charge < -0.3 is 9.47 Å². The van der Waals surface area contributed by atoms with E-state index < -0.39 is 5.60 Å². The number of esters is 1. The molecule has 23 heavy (non-hydrogen) atoms. The molecule has 0 fully saturated rings. The van der Waals surface area contributed by atoms with Crippen molar-refractivity contribution in [3.63, 3.8) is 0 Å². The molecule has 0 saturated heterocycles. The fourth-order valence-electron chi connectivity index (χ4n) is 2.13. The summed E-state index contributed by atoms with van der Waals surface area (Å²) in [6.07, 6.45) is 0. The Morgan fingerprint density at radius 3 is 2.35 bits per heavy atom. The molecule has 4 heteroatoms. The van der Waals surface area contributed by atoms with Gasteiger partial charge >= 0.3 is 5.97 Å². The van der Waals surface area contributed by atoms with Crippen LogP contribution in [0.5, 0.6) is 5.75 Å². The summed E-state index contributed by atoms with van der Waals surface area (Å²) in [6, 6.07) is 13.6. The van der Waals surface area contributed by atoms with Crippen LogP contribution in [0.1, 0.15) is 42.3 Å². The number of rotatable bonds is 4. The number of carbonyl (C=O) groups is 1. The first-order valence-electron chi connectivity index (χ1n) is 7.47. The first-order valence-corrected chi connectivity index (χ1v) is 8.26. The number of hydrogen-bond acceptors (Lipinski definition) is 3. The maximum absolute atomic E-state index is 12.4. The van der Waals surface area contributed by atoms with Crippen LogP contribution in [0.3, 0.4) is 0 Å². The first-order chi connectivity index (χ1) is 10.8. The summed E-state index contributed by atoms with van der Waals surface area (Å²) in [5.41, 5.74) is 1.81. The molecule has 0 aromatic heterocycles. The maximum Gasteiger partial charge on any atom is 0.340 e. The first kappa shape index (κ1) is 17.5. The molecular formula is C19H21BrO3. The second-order valence-electron chi connectivity index (χ2n) is 6.32. The third kappa shape index (κ3) is 4.83. The molecule has 0 aliphatic carbocycles. The van der Waals surface area contributed by atoms with Gasteiger partial charge in [0, 0.05) is 10.0 Å². The van der Waals surface area contributed by atoms with Crippen LogP contribution in [0.25, 0.3) is 0 Å². The smallest absolute Gasteiger partial charge is 0.340 e. The van der Waals surface area contributed by atoms with Crippen LogP contribution in [0.4, 0.5) is 0 Å². The van der Waals surface area contributed by atoms with Crippen molar-refractivity contribution in [1.29, 1.82) is 0 Å². The molecule has 0 N–H and O–H groups in total. The molecule has 0 saturated carbocycles. The van der Waals surface area contributed by atoms with Crippen molar-refractivity contribution in [3.05, 3.63) is 63.6 Å². The van der Waals surface area contributed by atoms with Crippen LogP contribution >= 0.6 is 15.9 Å². The van der Waals surface area contributed by atoms with E-state index in [4.69, 9.17) is 9.47 Å². The van der Waals surface area contributed by atoms with Crippen molar-refractivity contribution >= 4 is 21.9 Å². The van der Waals surface area contributed by atoms with Gasteiger partial charge in [-0.2, -0.15) is 0 Å². The molecule has 0 spiro atoms. The molecule has 2 aromatic carbocycles. The Morgan fingerprint density at radius 1 is 1.09 bits per heavy atom. The van der Waals surface area contributed by atoms with Crippen LogP contribution in [-0.4, -0.2) is 11.6 Å². The summed E-state index contributed by atoms with van der Waals surface area (Å²) in [7, 11) is 0. The Hall–Kier alpha value is -1.81. The van der Waals surface area contributed by atoms with E-state index in [2.05, 4.69) is 15.9 Å². The minimum absolute atomic E-state index is 0.355. The van der Waals surface area contributed by atoms with Crippen molar-refractivity contribution in [1.82, 2.24) is 0 Å². The monoisotopic (exact) mass is 376 g/mol. The number of ether oxygens (including phenoxy) is 2. The molecule has 0 aliphatic heterocycles. The van der Waals surface area contributed by atoms with Crippen molar-refractivity contribution in [3.8, 4) is 5.75 Å². The largest absolute Gasteiger partial charge is 0.489 e. The summed E-state index contributed by atoms with van der Waals surface area (Å²) >= 11 is 3.43. The van der Waals surface area contributed by atoms with E-state index in [1.807, 2.05) is 70.2 Å². The predicted octanol–water partition coefficient (Wildman–Crippen LogP) is 5.29. The summed E-state index contributed by atoms with van der Waals surface area (Å²) in [5.74, 6) is 0.324. The lowest BCUT2D eigenvalue weighted by molar-refractivity contribution is 0.00672. The van der Waals surface area contributed by atoms with E-state index in [9.17, 15) is 4.79 Å². The molecule has 0 bridgehead atoms. The van der Waals surface area contributed by atoms with Gasteiger partial charge in [-0.25, -0.2) is 4.79 Å². The fraction of sp³-hybridized carbons (Fsp3) is 0.316. The van der Waals surface area contributed by atoms with E-state index in [0.717, 1.165) is 11.1 Å². The quantitative estimate of drug-likeness (QED) is 0.679. The third-order valence-electron chi connectivity index (χ3n) is 3.20. The summed E-state index contributed by atoms with van der Waals surface area (Å²) in [4.78, 5) is 12.4. The number of carbonyl (C=O) groups excluding carboxylic acids is 1. The average Bonchev–Trinajstić information content (AvgIpc) is 2.45. The zero-order chi connectivity index (χ0) is 17.0. The van der Waals surface area contributed by atoms with Gasteiger partial charge in [0.25, 0.3) is 0 Å². The second-order valence-corrected chi connectivity index (χ2v) is 7.18. The van der Waals surface area contributed by atoms with Gasteiger partial charge in [0.2, 0.25) is 0 Å². The molecule has 3 nitrogen and oxygen atoms in total. The van der Waals surface area contributed by atoms with Crippen LogP contribution in [-0.2, 0) is 11.3 Å². The van der Waals surface area contributed by atoms with E-state index in [-0.39, 0.29) is 5.97 Å². The van der Waals surface area contributed by atoms with Gasteiger partial charge in [-0.05, 0) is 61.3 Å². The maximum atomic E-state index is 12.4. The lowest BCUT2D eigenvalue weighted by Crippen LogP contribution is -2.24. The Labute approximate surface area is 145 Å². The average molecular weight is 377 g/mol. The number of hydrogen-bond donors (Lipinski definition) is 0. The van der Waals surface area contributed by atoms with Crippen molar-refractivity contribution in [2.75, 3.05) is 0 Å². The Morgan fingerprint density at radius 2 is 1.74 bits per heavy atom. The highest BCUT2D eigenvalue weighted by Gasteiger charge is 2.23. The molecular weight excluding hydrogens is 356 g/mol. The van der Waals surface area contributed by atoms with Crippen LogP contribution in [0.2, 0.25) is 0 Å². The fourth-order valence-corrected chi connectivity index (χ4v) is 2.72. The van der Waals surface area contributed by atoms with Gasteiger partial charge in [-0.1, -0.05) is 30.3 Å². The van der Waals surface area contributed by atoms with Gasteiger partial charge in [-0.3, -0.25) is 0 Å². The zero-order valence-corrected chi connectivity index (χ0v) is 15.4. The van der Waals surface area contributed by atoms with E-state index in [1.54, 1.807) is 0 Å². The highest BCUT2D eigenvalue weighted by molar-refractivity contribution is 9.10. The molecule has 0 atom stereocenters. The van der Waals surface area contributed by atoms with Gasteiger partial charge in [-0.15, -0.1) is 0 Å². The lowest BCUT2D eigenvalue weighted by atomic mass is 10.1. The topological polar surface area (TPSA) is 35.5 Å². The van der Waals surface area contributed by atoms with Gasteiger partial charge in [0.05, 0.1) is 5.56 Å². The standard InChI is InChI=1S/C19H21BrO3/c1-13-16(22-12-14-8-6-5-7-9-14)11-10-15(20)17(13)18(21)23-19(2,3)4/h5-11H,12H2,1-4H3. The molecule has 0 heterocycles. The van der Waals surface area contributed by atoms with Gasteiger partial charge in [0.1, 0.15) is 18.0 Å². The molecule has 0 amide bonds. The molecule has 0 unspecified atom stereocenters. The molecule has 2 rings (SSSR count). The summed E-state index contributed by atoms with van der Waals surface area (Å²) in [5, 5.41) is 0. The van der Waals surface area contributed by atoms with Crippen molar-refractivity contribution in [2.24, 2.45) is 0 Å². The molecule has 0 radical (unpaired) electrons. The normalized spacial score (nSPS) is 11.2. The molecule has 122 valence electrons. The molecule has 2 aromatic rings. The Kier molecular flexibility index (Phi) is 5.47. The van der Waals surface area contributed by atoms with Crippen LogP contribution in [0, 0.1) is 6.92 Å². The van der Waals surface area contributed by atoms with Crippen molar-refractivity contribution < 1.29 is 14.3 Å². The van der Waals surface area contributed by atoms with Gasteiger partial charge in [0.15, 0.2) is 0 Å². The second kappa shape index (κ2) is 7.18. The minimum Gasteiger partial charge on any atom is -0.489 e. The highest BCUT2D eigenvalue weighted by atomic mass is 79.9. The molecule has 0 aliphatic rings. The SMILES string of the molecule is Cc1c(OCc2ccccc2)ccc(Br)c1C(=O)OC(C)(C)C. The van der Waals surface area contributed by atoms with Crippen LogP contribution in [0.15, 0.2) is 46.9 Å². The highest BCUT2D eigenvalue weighted by Crippen LogP contribution is 2.30. The van der Waals surface area contributed by atoms with Crippen molar-refractivity contribution in [2.45, 2.75) is 39.9 Å². The summed E-state index contributed by atoms with van der Waals surface area (Å²) < 4.78 is 12.1. The van der Waals surface area contributed by atoms with E-state index in [1.165, 1.54) is 0 Å². The number of halogens is 1. The minimum atomic E-state index is -0.538. The summed E-state index contributed by atoms with van der Waals surface area (Å²) in [6.45, 7) is 7.87. The Balaban J connectivity index is 2.22. The zero-order valence-electron chi connectivity index (χ0n) is 13.9. The van der Waals surface area contributed by atoms with E-state index in [0.29, 0.717) is 22.4 Å². The predicted molar refractivity (Wildman–Crippen MR) is 94.8 cm³/mol.